The molecule has 1 spiro atoms. The smallest absolute Gasteiger partial charge is 0.311 e. The van der Waals surface area contributed by atoms with Gasteiger partial charge in [0.25, 0.3) is 5.91 Å². The van der Waals surface area contributed by atoms with Gasteiger partial charge in [-0.15, -0.1) is 0 Å². The van der Waals surface area contributed by atoms with Gasteiger partial charge in [0.1, 0.15) is 5.54 Å². The number of fused-ring (bicyclic) bond motifs is 7. The van der Waals surface area contributed by atoms with Gasteiger partial charge in [-0.1, -0.05) is 17.7 Å². The summed E-state index contributed by atoms with van der Waals surface area (Å²) in [5, 5.41) is 14.8. The highest BCUT2D eigenvalue weighted by molar-refractivity contribution is 6.35. The van der Waals surface area contributed by atoms with E-state index in [-0.39, 0.29) is 29.1 Å². The second kappa shape index (κ2) is 7.50. The molecule has 36 heavy (non-hydrogen) atoms. The number of nitro groups is 1. The van der Waals surface area contributed by atoms with Crippen molar-refractivity contribution in [3.05, 3.63) is 56.1 Å². The molecule has 10 nitrogen and oxygen atoms in total. The van der Waals surface area contributed by atoms with Gasteiger partial charge in [-0.25, -0.2) is 4.90 Å². The van der Waals surface area contributed by atoms with E-state index >= 15 is 0 Å². The highest BCUT2D eigenvalue weighted by Gasteiger charge is 2.75. The van der Waals surface area contributed by atoms with Crippen LogP contribution in [0.4, 0.5) is 17.1 Å². The van der Waals surface area contributed by atoms with E-state index < -0.39 is 34.1 Å². The van der Waals surface area contributed by atoms with Crippen LogP contribution >= 0.6 is 11.6 Å². The van der Waals surface area contributed by atoms with Crippen LogP contribution in [0, 0.1) is 35.8 Å². The van der Waals surface area contributed by atoms with Gasteiger partial charge >= 0.3 is 5.69 Å². The summed E-state index contributed by atoms with van der Waals surface area (Å²) in [6.07, 6.45) is 1.48. The molecule has 0 aliphatic carbocycles. The van der Waals surface area contributed by atoms with Gasteiger partial charge in [-0.05, 0) is 50.4 Å². The summed E-state index contributed by atoms with van der Waals surface area (Å²) in [4.78, 5) is 55.9. The number of methoxy groups -OCH3 is 1. The van der Waals surface area contributed by atoms with Crippen LogP contribution in [-0.2, 0) is 19.9 Å². The Labute approximate surface area is 211 Å². The van der Waals surface area contributed by atoms with Crippen LogP contribution in [-0.4, -0.2) is 47.2 Å². The van der Waals surface area contributed by atoms with Crippen molar-refractivity contribution in [1.82, 2.24) is 4.90 Å². The first kappa shape index (κ1) is 22.9. The first-order chi connectivity index (χ1) is 17.1. The molecule has 4 atom stereocenters. The highest BCUT2D eigenvalue weighted by atomic mass is 35.5. The van der Waals surface area contributed by atoms with Gasteiger partial charge in [0.15, 0.2) is 5.75 Å². The molecule has 0 saturated carbocycles. The molecular formula is C25H23ClN4O6. The first-order valence-electron chi connectivity index (χ1n) is 11.7. The topological polar surface area (TPSA) is 122 Å². The van der Waals surface area contributed by atoms with E-state index in [4.69, 9.17) is 16.3 Å². The lowest BCUT2D eigenvalue weighted by Gasteiger charge is -2.37. The summed E-state index contributed by atoms with van der Waals surface area (Å²) >= 11 is 6.51. The molecule has 2 aromatic carbocycles. The molecular weight excluding hydrogens is 488 g/mol. The Kier molecular flexibility index (Phi) is 4.78. The maximum atomic E-state index is 14.2. The van der Waals surface area contributed by atoms with Gasteiger partial charge < -0.3 is 10.1 Å². The van der Waals surface area contributed by atoms with E-state index in [1.165, 1.54) is 19.2 Å². The monoisotopic (exact) mass is 510 g/mol. The molecule has 0 aromatic heterocycles. The fourth-order valence-corrected chi connectivity index (χ4v) is 7.16. The molecule has 0 unspecified atom stereocenters. The third-order valence-electron chi connectivity index (χ3n) is 8.13. The molecule has 4 aliphatic heterocycles. The minimum atomic E-state index is -1.35. The molecule has 3 saturated heterocycles. The number of nitrogens with zero attached hydrogens (tertiary/aromatic N) is 3. The van der Waals surface area contributed by atoms with E-state index in [2.05, 4.69) is 5.32 Å². The molecule has 1 N–H and O–H groups in total. The number of halogens is 1. The molecule has 186 valence electrons. The largest absolute Gasteiger partial charge is 0.490 e. The Morgan fingerprint density at radius 3 is 2.61 bits per heavy atom. The van der Waals surface area contributed by atoms with E-state index in [1.54, 1.807) is 13.0 Å². The van der Waals surface area contributed by atoms with Crippen molar-refractivity contribution in [3.8, 4) is 5.75 Å². The Morgan fingerprint density at radius 1 is 1.17 bits per heavy atom. The SMILES string of the molecule is COc1cc(N2C(=O)[C@@H]3[C@H]4CCCN4[C@]4(C(=O)Nc5c(Cl)cc(C)cc54)[C@H]3C2=O)c(C)cc1[N+](=O)[O-]. The molecule has 0 radical (unpaired) electrons. The average molecular weight is 511 g/mol. The number of amides is 3. The average Bonchev–Trinajstić information content (AvgIpc) is 3.53. The third kappa shape index (κ3) is 2.63. The Hall–Kier alpha value is -3.50. The number of nitrogens with one attached hydrogen (secondary N) is 1. The van der Waals surface area contributed by atoms with Crippen LogP contribution in [0.2, 0.25) is 5.02 Å². The summed E-state index contributed by atoms with van der Waals surface area (Å²) in [5.41, 5.74) is 0.948. The highest BCUT2D eigenvalue weighted by Crippen LogP contribution is 2.61. The molecule has 11 heteroatoms. The molecule has 4 heterocycles. The Morgan fingerprint density at radius 2 is 1.92 bits per heavy atom. The number of imide groups is 1. The molecule has 0 bridgehead atoms. The van der Waals surface area contributed by atoms with Crippen LogP contribution in [0.15, 0.2) is 24.3 Å². The zero-order valence-corrected chi connectivity index (χ0v) is 20.6. The van der Waals surface area contributed by atoms with E-state index in [9.17, 15) is 24.5 Å². The Balaban J connectivity index is 1.55. The lowest BCUT2D eigenvalue weighted by atomic mass is 9.75. The quantitative estimate of drug-likeness (QED) is 0.382. The van der Waals surface area contributed by atoms with Crippen molar-refractivity contribution < 1.29 is 24.0 Å². The van der Waals surface area contributed by atoms with Crippen LogP contribution in [0.1, 0.15) is 29.5 Å². The fourth-order valence-electron chi connectivity index (χ4n) is 6.84. The van der Waals surface area contributed by atoms with E-state index in [0.717, 1.165) is 16.9 Å². The van der Waals surface area contributed by atoms with Crippen LogP contribution in [0.3, 0.4) is 0 Å². The summed E-state index contributed by atoms with van der Waals surface area (Å²) in [7, 11) is 1.29. The van der Waals surface area contributed by atoms with E-state index in [1.807, 2.05) is 17.9 Å². The molecule has 3 amide bonds. The van der Waals surface area contributed by atoms with Gasteiger partial charge in [-0.3, -0.25) is 29.4 Å². The van der Waals surface area contributed by atoms with Gasteiger partial charge in [-0.2, -0.15) is 0 Å². The lowest BCUT2D eigenvalue weighted by molar-refractivity contribution is -0.385. The van der Waals surface area contributed by atoms with Crippen molar-refractivity contribution in [2.45, 2.75) is 38.3 Å². The predicted molar refractivity (Wildman–Crippen MR) is 130 cm³/mol. The van der Waals surface area contributed by atoms with Crippen molar-refractivity contribution >= 4 is 46.4 Å². The third-order valence-corrected chi connectivity index (χ3v) is 8.43. The molecule has 4 aliphatic rings. The number of hydrogen-bond acceptors (Lipinski definition) is 7. The number of hydrogen-bond donors (Lipinski definition) is 1. The summed E-state index contributed by atoms with van der Waals surface area (Å²) < 4.78 is 5.20. The number of aryl methyl sites for hydroxylation is 2. The molecule has 3 fully saturated rings. The lowest BCUT2D eigenvalue weighted by Crippen LogP contribution is -2.54. The Bertz CT molecular complexity index is 1410. The molecule has 6 rings (SSSR count). The van der Waals surface area contributed by atoms with E-state index in [0.29, 0.717) is 34.8 Å². The van der Waals surface area contributed by atoms with Gasteiger partial charge in [0.2, 0.25) is 11.8 Å². The minimum Gasteiger partial charge on any atom is -0.490 e. The summed E-state index contributed by atoms with van der Waals surface area (Å²) in [5.74, 6) is -2.99. The summed E-state index contributed by atoms with van der Waals surface area (Å²) in [6.45, 7) is 4.06. The number of rotatable bonds is 3. The second-order valence-corrected chi connectivity index (χ2v) is 10.3. The normalized spacial score (nSPS) is 28.5. The van der Waals surface area contributed by atoms with Crippen molar-refractivity contribution in [2.24, 2.45) is 11.8 Å². The number of carbonyl (C=O) groups excluding carboxylic acids is 3. The standard InChI is InChI=1S/C25H23ClN4O6/c1-11-7-13-21(14(26)8-11)27-24(33)25(13)20-19(15-5-4-6-28(15)25)22(31)29(23(20)32)16-10-18(36-3)17(30(34)35)9-12(16)2/h7-10,15,19-20H,4-6H2,1-3H3,(H,27,33)/t15-,19-,20-,25+/m1/s1. The van der Waals surface area contributed by atoms with Crippen molar-refractivity contribution in [3.63, 3.8) is 0 Å². The van der Waals surface area contributed by atoms with Gasteiger partial charge in [0.05, 0.1) is 40.3 Å². The number of benzene rings is 2. The van der Waals surface area contributed by atoms with Crippen LogP contribution < -0.4 is 15.0 Å². The number of nitro benzene ring substituents is 1. The summed E-state index contributed by atoms with van der Waals surface area (Å²) in [6, 6.07) is 5.99. The number of ether oxygens (including phenoxy) is 1. The van der Waals surface area contributed by atoms with Gasteiger partial charge in [0, 0.05) is 23.7 Å². The first-order valence-corrected chi connectivity index (χ1v) is 12.1. The maximum absolute atomic E-state index is 14.2. The zero-order chi connectivity index (χ0) is 25.7. The van der Waals surface area contributed by atoms with Crippen molar-refractivity contribution in [2.75, 3.05) is 23.9 Å². The second-order valence-electron chi connectivity index (χ2n) is 9.88. The molecule has 2 aromatic rings. The van der Waals surface area contributed by atoms with Crippen LogP contribution in [0.5, 0.6) is 5.75 Å². The maximum Gasteiger partial charge on any atom is 0.311 e. The predicted octanol–water partition coefficient (Wildman–Crippen LogP) is 3.30. The van der Waals surface area contributed by atoms with Crippen molar-refractivity contribution in [1.29, 1.82) is 0 Å². The minimum absolute atomic E-state index is 0.0539. The zero-order valence-electron chi connectivity index (χ0n) is 19.8. The van der Waals surface area contributed by atoms with Crippen LogP contribution in [0.25, 0.3) is 0 Å². The number of anilines is 2. The fraction of sp³-hybridized carbons (Fsp3) is 0.400. The number of carbonyl (C=O) groups is 3.